The van der Waals surface area contributed by atoms with Crippen LogP contribution in [-0.4, -0.2) is 53.0 Å². The van der Waals surface area contributed by atoms with E-state index in [-0.39, 0.29) is 29.7 Å². The molecule has 29 heavy (non-hydrogen) atoms. The number of hydrogen-bond donors (Lipinski definition) is 1. The van der Waals surface area contributed by atoms with E-state index >= 15 is 0 Å². The summed E-state index contributed by atoms with van der Waals surface area (Å²) in [7, 11) is 5.45. The Balaban J connectivity index is 0.00000300. The summed E-state index contributed by atoms with van der Waals surface area (Å²) in [5.41, 5.74) is 1.21. The van der Waals surface area contributed by atoms with E-state index in [0.29, 0.717) is 6.54 Å². The summed E-state index contributed by atoms with van der Waals surface area (Å²) in [6, 6.07) is 8.02. The summed E-state index contributed by atoms with van der Waals surface area (Å²) in [5.74, 6) is 2.61. The Bertz CT molecular complexity index is 859. The van der Waals surface area contributed by atoms with Crippen molar-refractivity contribution in [2.45, 2.75) is 45.3 Å². The number of aryl methyl sites for hydroxylation is 2. The molecule has 2 aromatic rings. The second-order valence-corrected chi connectivity index (χ2v) is 7.06. The second-order valence-electron chi connectivity index (χ2n) is 7.06. The van der Waals surface area contributed by atoms with Gasteiger partial charge in [0.25, 0.3) is 0 Å². The SMILES string of the molecule is CN=C(NCCCn1nc2n(c1=O)CCCC2)N(C)Cc1ccc(OC)cc1.I. The first-order chi connectivity index (χ1) is 13.6. The van der Waals surface area contributed by atoms with Crippen LogP contribution >= 0.6 is 24.0 Å². The highest BCUT2D eigenvalue weighted by Gasteiger charge is 2.16. The minimum absolute atomic E-state index is 0. The van der Waals surface area contributed by atoms with Crippen LogP contribution in [0.3, 0.4) is 0 Å². The molecule has 0 atom stereocenters. The normalized spacial score (nSPS) is 13.4. The molecule has 0 radical (unpaired) electrons. The van der Waals surface area contributed by atoms with Crippen molar-refractivity contribution in [3.05, 3.63) is 46.1 Å². The Hall–Kier alpha value is -2.04. The molecule has 1 aliphatic rings. The van der Waals surface area contributed by atoms with Crippen LogP contribution < -0.4 is 15.7 Å². The van der Waals surface area contributed by atoms with Gasteiger partial charge in [0.05, 0.1) is 7.11 Å². The Labute approximate surface area is 189 Å². The number of guanidine groups is 1. The summed E-state index contributed by atoms with van der Waals surface area (Å²) in [4.78, 5) is 18.8. The predicted molar refractivity (Wildman–Crippen MR) is 125 cm³/mol. The van der Waals surface area contributed by atoms with Crippen LogP contribution in [0.4, 0.5) is 0 Å². The van der Waals surface area contributed by atoms with Crippen LogP contribution in [0.1, 0.15) is 30.7 Å². The van der Waals surface area contributed by atoms with Crippen molar-refractivity contribution >= 4 is 29.9 Å². The van der Waals surface area contributed by atoms with E-state index in [1.54, 1.807) is 18.8 Å². The third-order valence-corrected chi connectivity index (χ3v) is 5.01. The van der Waals surface area contributed by atoms with E-state index in [1.807, 2.05) is 23.7 Å². The van der Waals surface area contributed by atoms with Gasteiger partial charge >= 0.3 is 5.69 Å². The molecule has 0 unspecified atom stereocenters. The van der Waals surface area contributed by atoms with Crippen molar-refractivity contribution in [2.75, 3.05) is 27.7 Å². The molecule has 160 valence electrons. The molecule has 0 saturated heterocycles. The van der Waals surface area contributed by atoms with E-state index < -0.39 is 0 Å². The topological polar surface area (TPSA) is 76.7 Å². The lowest BCUT2D eigenvalue weighted by atomic mass is 10.2. The van der Waals surface area contributed by atoms with Gasteiger partial charge in [-0.05, 0) is 37.0 Å². The number of benzene rings is 1. The molecular weight excluding hydrogens is 483 g/mol. The average molecular weight is 514 g/mol. The molecule has 0 amide bonds. The molecule has 1 aliphatic heterocycles. The highest BCUT2D eigenvalue weighted by molar-refractivity contribution is 14.0. The zero-order valence-corrected chi connectivity index (χ0v) is 19.8. The quantitative estimate of drug-likeness (QED) is 0.265. The minimum atomic E-state index is 0. The molecule has 3 rings (SSSR count). The number of aromatic nitrogens is 3. The van der Waals surface area contributed by atoms with Gasteiger partial charge in [0.15, 0.2) is 5.96 Å². The third-order valence-electron chi connectivity index (χ3n) is 5.01. The van der Waals surface area contributed by atoms with E-state index in [2.05, 4.69) is 32.4 Å². The highest BCUT2D eigenvalue weighted by Crippen LogP contribution is 2.12. The van der Waals surface area contributed by atoms with E-state index in [1.165, 1.54) is 5.56 Å². The van der Waals surface area contributed by atoms with Crippen molar-refractivity contribution in [2.24, 2.45) is 4.99 Å². The number of nitrogens with zero attached hydrogens (tertiary/aromatic N) is 5. The zero-order valence-electron chi connectivity index (χ0n) is 17.4. The fourth-order valence-corrected chi connectivity index (χ4v) is 3.49. The Kier molecular flexibility index (Phi) is 8.99. The minimum Gasteiger partial charge on any atom is -0.497 e. The van der Waals surface area contributed by atoms with Crippen LogP contribution in [-0.2, 0) is 26.1 Å². The van der Waals surface area contributed by atoms with Gasteiger partial charge in [0.2, 0.25) is 0 Å². The number of nitrogens with one attached hydrogen (secondary N) is 1. The highest BCUT2D eigenvalue weighted by atomic mass is 127. The van der Waals surface area contributed by atoms with Gasteiger partial charge in [-0.2, -0.15) is 5.10 Å². The molecule has 8 nitrogen and oxygen atoms in total. The van der Waals surface area contributed by atoms with Gasteiger partial charge in [-0.3, -0.25) is 9.56 Å². The van der Waals surface area contributed by atoms with Crippen molar-refractivity contribution in [1.82, 2.24) is 24.6 Å². The molecule has 0 aliphatic carbocycles. The Morgan fingerprint density at radius 3 is 2.72 bits per heavy atom. The zero-order chi connectivity index (χ0) is 19.9. The van der Waals surface area contributed by atoms with Crippen molar-refractivity contribution in [3.8, 4) is 5.75 Å². The lowest BCUT2D eigenvalue weighted by Crippen LogP contribution is -2.39. The van der Waals surface area contributed by atoms with Crippen molar-refractivity contribution < 1.29 is 4.74 Å². The Morgan fingerprint density at radius 1 is 1.31 bits per heavy atom. The number of hydrogen-bond acceptors (Lipinski definition) is 4. The maximum Gasteiger partial charge on any atom is 0.345 e. The number of halogens is 1. The summed E-state index contributed by atoms with van der Waals surface area (Å²) in [6.07, 6.45) is 3.90. The van der Waals surface area contributed by atoms with E-state index in [4.69, 9.17) is 4.74 Å². The molecule has 0 saturated carbocycles. The molecule has 0 fully saturated rings. The van der Waals surface area contributed by atoms with Crippen molar-refractivity contribution in [3.63, 3.8) is 0 Å². The molecular formula is C20H31IN6O2. The molecule has 0 spiro atoms. The largest absolute Gasteiger partial charge is 0.497 e. The monoisotopic (exact) mass is 514 g/mol. The molecule has 9 heteroatoms. The van der Waals surface area contributed by atoms with Gasteiger partial charge in [0, 0.05) is 46.7 Å². The number of aliphatic imine (C=N–C) groups is 1. The first kappa shape index (κ1) is 23.2. The summed E-state index contributed by atoms with van der Waals surface area (Å²) in [5, 5.41) is 7.85. The number of fused-ring (bicyclic) bond motifs is 1. The molecule has 1 aromatic heterocycles. The van der Waals surface area contributed by atoms with Crippen LogP contribution in [0, 0.1) is 0 Å². The van der Waals surface area contributed by atoms with Crippen LogP contribution in [0.15, 0.2) is 34.1 Å². The van der Waals surface area contributed by atoms with Gasteiger partial charge in [-0.15, -0.1) is 24.0 Å². The van der Waals surface area contributed by atoms with Crippen LogP contribution in [0.2, 0.25) is 0 Å². The van der Waals surface area contributed by atoms with Crippen LogP contribution in [0.5, 0.6) is 5.75 Å². The summed E-state index contributed by atoms with van der Waals surface area (Å²) in [6.45, 7) is 2.89. The van der Waals surface area contributed by atoms with Gasteiger partial charge in [0.1, 0.15) is 11.6 Å². The van der Waals surface area contributed by atoms with E-state index in [9.17, 15) is 4.79 Å². The molecule has 1 N–H and O–H groups in total. The van der Waals surface area contributed by atoms with Crippen molar-refractivity contribution in [1.29, 1.82) is 0 Å². The standard InChI is InChI=1S/C20H30N6O2.HI/c1-21-19(24(2)15-16-8-10-17(28-3)11-9-16)22-12-6-14-26-20(27)25-13-5-4-7-18(25)23-26;/h8-11H,4-7,12-15H2,1-3H3,(H,21,22);1H. The number of rotatable bonds is 7. The smallest absolute Gasteiger partial charge is 0.345 e. The van der Waals surface area contributed by atoms with E-state index in [0.717, 1.165) is 62.9 Å². The average Bonchev–Trinajstić information content (AvgIpc) is 3.04. The summed E-state index contributed by atoms with van der Waals surface area (Å²) >= 11 is 0. The number of ether oxygens (including phenoxy) is 1. The fourth-order valence-electron chi connectivity index (χ4n) is 3.49. The lowest BCUT2D eigenvalue weighted by molar-refractivity contribution is 0.414. The predicted octanol–water partition coefficient (Wildman–Crippen LogP) is 2.11. The summed E-state index contributed by atoms with van der Waals surface area (Å²) < 4.78 is 8.62. The lowest BCUT2D eigenvalue weighted by Gasteiger charge is -2.22. The molecule has 0 bridgehead atoms. The maximum atomic E-state index is 12.4. The number of methoxy groups -OCH3 is 1. The van der Waals surface area contributed by atoms with Gasteiger partial charge in [-0.25, -0.2) is 9.48 Å². The first-order valence-corrected chi connectivity index (χ1v) is 9.83. The maximum absolute atomic E-state index is 12.4. The fraction of sp³-hybridized carbons (Fsp3) is 0.550. The van der Waals surface area contributed by atoms with Gasteiger partial charge < -0.3 is 15.0 Å². The molecule has 1 aromatic carbocycles. The Morgan fingerprint density at radius 2 is 2.07 bits per heavy atom. The first-order valence-electron chi connectivity index (χ1n) is 9.83. The molecule has 2 heterocycles. The van der Waals surface area contributed by atoms with Gasteiger partial charge in [-0.1, -0.05) is 12.1 Å². The third kappa shape index (κ3) is 5.97. The van der Waals surface area contributed by atoms with Crippen LogP contribution in [0.25, 0.3) is 0 Å². The second kappa shape index (κ2) is 11.2.